The number of methoxy groups -OCH3 is 1. The molecule has 0 aromatic heterocycles. The van der Waals surface area contributed by atoms with Crippen LogP contribution in [0.15, 0.2) is 48.5 Å². The highest BCUT2D eigenvalue weighted by atomic mass is 16.7. The average Bonchev–Trinajstić information content (AvgIpc) is 2.60. The number of nitrogens with one attached hydrogen (secondary N) is 1. The number of carbonyl (C=O) groups is 3. The quantitative estimate of drug-likeness (QED) is 0.444. The van der Waals surface area contributed by atoms with E-state index in [0.29, 0.717) is 17.7 Å². The van der Waals surface area contributed by atoms with Gasteiger partial charge in [-0.3, -0.25) is 14.4 Å². The van der Waals surface area contributed by atoms with E-state index in [1.165, 1.54) is 33.1 Å². The molecule has 136 valence electrons. The third-order valence-electron chi connectivity index (χ3n) is 3.38. The molecular formula is C19H19NO6. The minimum atomic E-state index is -2.17. The van der Waals surface area contributed by atoms with Crippen molar-refractivity contribution in [2.24, 2.45) is 0 Å². The summed E-state index contributed by atoms with van der Waals surface area (Å²) >= 11 is 0. The lowest BCUT2D eigenvalue weighted by atomic mass is 10.2. The summed E-state index contributed by atoms with van der Waals surface area (Å²) in [5.41, 5.74) is 0.458. The number of anilines is 1. The normalized spacial score (nSPS) is 12.4. The monoisotopic (exact) mass is 357 g/mol. The van der Waals surface area contributed by atoms with Crippen LogP contribution in [-0.2, 0) is 14.4 Å². The fourth-order valence-electron chi connectivity index (χ4n) is 2.15. The van der Waals surface area contributed by atoms with Crippen molar-refractivity contribution in [2.75, 3.05) is 12.4 Å². The predicted molar refractivity (Wildman–Crippen MR) is 94.5 cm³/mol. The molecule has 1 amide bonds. The number of ketones is 1. The standard InChI is InChI=1S/C19H19NO6/c1-13(22)19(12-21,26-18-9-5-7-16(11-18)24-3)25-17-8-4-6-15(10-17)20-14(2)23/h4-12H,1-3H3,(H,20,23). The summed E-state index contributed by atoms with van der Waals surface area (Å²) in [6.45, 7) is 2.55. The van der Waals surface area contributed by atoms with Gasteiger partial charge in [-0.15, -0.1) is 0 Å². The summed E-state index contributed by atoms with van der Waals surface area (Å²) in [5.74, 6) is -2.16. The van der Waals surface area contributed by atoms with Gasteiger partial charge in [0.2, 0.25) is 18.0 Å². The maximum Gasteiger partial charge on any atom is 0.370 e. The molecule has 0 aliphatic heterocycles. The van der Waals surface area contributed by atoms with E-state index in [4.69, 9.17) is 14.2 Å². The lowest BCUT2D eigenvalue weighted by Gasteiger charge is -2.27. The van der Waals surface area contributed by atoms with Gasteiger partial charge >= 0.3 is 5.79 Å². The summed E-state index contributed by atoms with van der Waals surface area (Å²) < 4.78 is 16.3. The SMILES string of the molecule is COc1cccc(OC(C=O)(Oc2cccc(NC(C)=O)c2)C(C)=O)c1. The lowest BCUT2D eigenvalue weighted by Crippen LogP contribution is -2.50. The molecule has 0 heterocycles. The van der Waals surface area contributed by atoms with Gasteiger partial charge in [0.05, 0.1) is 7.11 Å². The van der Waals surface area contributed by atoms with Crippen molar-refractivity contribution < 1.29 is 28.6 Å². The van der Waals surface area contributed by atoms with Crippen molar-refractivity contribution in [1.82, 2.24) is 0 Å². The summed E-state index contributed by atoms with van der Waals surface area (Å²) in [4.78, 5) is 35.0. The summed E-state index contributed by atoms with van der Waals surface area (Å²) in [7, 11) is 1.49. The fourth-order valence-corrected chi connectivity index (χ4v) is 2.15. The molecule has 0 bridgehead atoms. The van der Waals surface area contributed by atoms with Crippen LogP contribution in [0.1, 0.15) is 13.8 Å². The number of benzene rings is 2. The van der Waals surface area contributed by atoms with Gasteiger partial charge < -0.3 is 19.5 Å². The second-order valence-electron chi connectivity index (χ2n) is 5.43. The molecule has 0 aliphatic rings. The molecule has 7 heteroatoms. The zero-order chi connectivity index (χ0) is 19.2. The average molecular weight is 357 g/mol. The zero-order valence-electron chi connectivity index (χ0n) is 14.6. The third-order valence-corrected chi connectivity index (χ3v) is 3.38. The second-order valence-corrected chi connectivity index (χ2v) is 5.43. The van der Waals surface area contributed by atoms with Crippen molar-refractivity contribution in [1.29, 1.82) is 0 Å². The van der Waals surface area contributed by atoms with Crippen LogP contribution in [0.25, 0.3) is 0 Å². The topological polar surface area (TPSA) is 90.9 Å². The van der Waals surface area contributed by atoms with Crippen molar-refractivity contribution in [3.63, 3.8) is 0 Å². The Hall–Kier alpha value is -3.35. The fraction of sp³-hybridized carbons (Fsp3) is 0.211. The molecule has 1 N–H and O–H groups in total. The van der Waals surface area contributed by atoms with Crippen LogP contribution in [0.4, 0.5) is 5.69 Å². The number of Topliss-reactive ketones (excluding diaryl/α,β-unsaturated/α-hetero) is 1. The van der Waals surface area contributed by atoms with E-state index in [1.54, 1.807) is 36.4 Å². The highest BCUT2D eigenvalue weighted by Crippen LogP contribution is 2.27. The molecule has 0 spiro atoms. The van der Waals surface area contributed by atoms with E-state index in [1.807, 2.05) is 0 Å². The number of hydrogen-bond acceptors (Lipinski definition) is 6. The molecule has 1 atom stereocenters. The summed E-state index contributed by atoms with van der Waals surface area (Å²) in [6, 6.07) is 12.7. The van der Waals surface area contributed by atoms with E-state index < -0.39 is 11.6 Å². The highest BCUT2D eigenvalue weighted by molar-refractivity contribution is 5.99. The van der Waals surface area contributed by atoms with Crippen LogP contribution in [0.5, 0.6) is 17.2 Å². The van der Waals surface area contributed by atoms with Gasteiger partial charge in [-0.25, -0.2) is 0 Å². The Labute approximate surface area is 150 Å². The molecule has 7 nitrogen and oxygen atoms in total. The molecule has 0 saturated carbocycles. The number of rotatable bonds is 8. The minimum Gasteiger partial charge on any atom is -0.497 e. The molecule has 0 fully saturated rings. The largest absolute Gasteiger partial charge is 0.497 e. The summed E-state index contributed by atoms with van der Waals surface area (Å²) in [6.07, 6.45) is 0.292. The number of aldehydes is 1. The number of carbonyl (C=O) groups excluding carboxylic acids is 3. The van der Waals surface area contributed by atoms with Crippen molar-refractivity contribution in [3.05, 3.63) is 48.5 Å². The lowest BCUT2D eigenvalue weighted by molar-refractivity contribution is -0.165. The second kappa shape index (κ2) is 8.15. The van der Waals surface area contributed by atoms with Gasteiger partial charge in [-0.1, -0.05) is 12.1 Å². The van der Waals surface area contributed by atoms with E-state index in [9.17, 15) is 14.4 Å². The Balaban J connectivity index is 2.33. The number of ether oxygens (including phenoxy) is 3. The van der Waals surface area contributed by atoms with E-state index in [2.05, 4.69) is 5.32 Å². The van der Waals surface area contributed by atoms with Crippen molar-refractivity contribution in [2.45, 2.75) is 19.6 Å². The molecule has 2 rings (SSSR count). The maximum absolute atomic E-state index is 12.1. The zero-order valence-corrected chi connectivity index (χ0v) is 14.6. The third kappa shape index (κ3) is 4.60. The van der Waals surface area contributed by atoms with Crippen LogP contribution < -0.4 is 19.5 Å². The molecule has 0 radical (unpaired) electrons. The minimum absolute atomic E-state index is 0.182. The molecule has 1 unspecified atom stereocenters. The van der Waals surface area contributed by atoms with Crippen molar-refractivity contribution in [3.8, 4) is 17.2 Å². The van der Waals surface area contributed by atoms with Gasteiger partial charge in [-0.05, 0) is 24.3 Å². The Kier molecular flexibility index (Phi) is 5.95. The Morgan fingerprint density at radius 1 is 0.962 bits per heavy atom. The van der Waals surface area contributed by atoms with Gasteiger partial charge in [0, 0.05) is 31.7 Å². The van der Waals surface area contributed by atoms with Crippen LogP contribution in [0, 0.1) is 0 Å². The molecule has 0 aliphatic carbocycles. The van der Waals surface area contributed by atoms with E-state index >= 15 is 0 Å². The molecule has 2 aromatic carbocycles. The number of hydrogen-bond donors (Lipinski definition) is 1. The van der Waals surface area contributed by atoms with Gasteiger partial charge in [0.25, 0.3) is 0 Å². The van der Waals surface area contributed by atoms with Gasteiger partial charge in [0.1, 0.15) is 17.2 Å². The first kappa shape index (κ1) is 19.0. The van der Waals surface area contributed by atoms with Gasteiger partial charge in [0.15, 0.2) is 0 Å². The first-order valence-corrected chi connectivity index (χ1v) is 7.75. The first-order valence-electron chi connectivity index (χ1n) is 7.75. The van der Waals surface area contributed by atoms with Crippen LogP contribution in [-0.4, -0.2) is 30.9 Å². The van der Waals surface area contributed by atoms with Crippen LogP contribution in [0.2, 0.25) is 0 Å². The molecular weight excluding hydrogens is 338 g/mol. The Bertz CT molecular complexity index is 819. The Morgan fingerprint density at radius 3 is 2.08 bits per heavy atom. The van der Waals surface area contributed by atoms with Gasteiger partial charge in [-0.2, -0.15) is 0 Å². The molecule has 0 saturated heterocycles. The van der Waals surface area contributed by atoms with E-state index in [0.717, 1.165) is 0 Å². The molecule has 2 aromatic rings. The smallest absolute Gasteiger partial charge is 0.370 e. The molecule has 26 heavy (non-hydrogen) atoms. The predicted octanol–water partition coefficient (Wildman–Crippen LogP) is 2.60. The highest BCUT2D eigenvalue weighted by Gasteiger charge is 2.41. The Morgan fingerprint density at radius 2 is 1.54 bits per heavy atom. The van der Waals surface area contributed by atoms with Crippen molar-refractivity contribution >= 4 is 23.7 Å². The van der Waals surface area contributed by atoms with Crippen LogP contribution in [0.3, 0.4) is 0 Å². The van der Waals surface area contributed by atoms with E-state index in [-0.39, 0.29) is 17.4 Å². The maximum atomic E-state index is 12.1. The van der Waals surface area contributed by atoms with Crippen LogP contribution >= 0.6 is 0 Å². The first-order chi connectivity index (χ1) is 12.4. The summed E-state index contributed by atoms with van der Waals surface area (Å²) in [5, 5.41) is 2.59. The number of amides is 1.